The fourth-order valence-corrected chi connectivity index (χ4v) is 2.64. The molecule has 0 bridgehead atoms. The average molecular weight is 286 g/mol. The van der Waals surface area contributed by atoms with Crippen molar-refractivity contribution in [3.63, 3.8) is 0 Å². The number of hydrogen-bond donors (Lipinski definition) is 2. The van der Waals surface area contributed by atoms with E-state index in [4.69, 9.17) is 16.0 Å². The van der Waals surface area contributed by atoms with Gasteiger partial charge in [0.25, 0.3) is 5.91 Å². The van der Waals surface area contributed by atoms with Gasteiger partial charge in [-0.3, -0.25) is 10.2 Å². The highest BCUT2D eigenvalue weighted by Gasteiger charge is 2.26. The lowest BCUT2D eigenvalue weighted by Gasteiger charge is -2.18. The third-order valence-corrected chi connectivity index (χ3v) is 3.90. The number of amides is 1. The number of likely N-dealkylation sites (tertiary alicyclic amines) is 1. The smallest absolute Gasteiger partial charge is 0.261 e. The molecule has 1 amide bonds. The molecule has 0 radical (unpaired) electrons. The second-order valence-corrected chi connectivity index (χ2v) is 5.36. The molecule has 0 aromatic heterocycles. The molecule has 1 aromatic carbocycles. The van der Waals surface area contributed by atoms with Crippen molar-refractivity contribution in [2.45, 2.75) is 25.4 Å². The van der Waals surface area contributed by atoms with E-state index in [1.807, 2.05) is 24.3 Å². The number of primary amides is 1. The van der Waals surface area contributed by atoms with Gasteiger partial charge < -0.3 is 15.5 Å². The summed E-state index contributed by atoms with van der Waals surface area (Å²) >= 11 is 0. The first-order chi connectivity index (χ1) is 10.1. The van der Waals surface area contributed by atoms with Crippen LogP contribution in [0.1, 0.15) is 30.4 Å². The number of amidine groups is 1. The maximum atomic E-state index is 11.1. The van der Waals surface area contributed by atoms with Crippen molar-refractivity contribution >= 4 is 17.5 Å². The topological polar surface area (TPSA) is 91.8 Å². The van der Waals surface area contributed by atoms with Crippen LogP contribution in [0.4, 0.5) is 0 Å². The number of nitrogens with two attached hydrogens (primary N) is 1. The molecule has 1 saturated heterocycles. The van der Waals surface area contributed by atoms with E-state index in [-0.39, 0.29) is 0 Å². The molecule has 2 aliphatic rings. The number of rotatable bonds is 3. The van der Waals surface area contributed by atoms with Crippen LogP contribution in [0.3, 0.4) is 0 Å². The Balaban J connectivity index is 1.70. The van der Waals surface area contributed by atoms with E-state index in [1.54, 1.807) is 0 Å². The number of carbonyl (C=O) groups excluding carboxylic acids is 1. The minimum absolute atomic E-state index is 0.401. The third-order valence-electron chi connectivity index (χ3n) is 3.90. The van der Waals surface area contributed by atoms with Crippen LogP contribution in [0.25, 0.3) is 0 Å². The number of nitrogens with zero attached hydrogens (tertiary/aromatic N) is 2. The standard InChI is InChI=1S/C15H18N4O2/c16-14(19-7-1-2-8-19)11-5-3-10(4-6-11)12-9-13(15(17)20)21-18-12/h3-6,13,16H,1-2,7-9H2,(H2,17,20). The number of benzene rings is 1. The van der Waals surface area contributed by atoms with E-state index in [0.717, 1.165) is 42.8 Å². The summed E-state index contributed by atoms with van der Waals surface area (Å²) in [6.07, 6.45) is 2.05. The van der Waals surface area contributed by atoms with Crippen LogP contribution in [0.15, 0.2) is 29.4 Å². The molecule has 1 atom stereocenters. The van der Waals surface area contributed by atoms with Crippen LogP contribution in [-0.2, 0) is 9.63 Å². The van der Waals surface area contributed by atoms with Gasteiger partial charge in [-0.05, 0) is 18.4 Å². The highest BCUT2D eigenvalue weighted by Crippen LogP contribution is 2.18. The van der Waals surface area contributed by atoms with Crippen molar-refractivity contribution in [1.29, 1.82) is 5.41 Å². The molecule has 3 N–H and O–H groups in total. The number of hydrogen-bond acceptors (Lipinski definition) is 4. The van der Waals surface area contributed by atoms with Gasteiger partial charge in [-0.25, -0.2) is 0 Å². The summed E-state index contributed by atoms with van der Waals surface area (Å²) in [6.45, 7) is 1.92. The monoisotopic (exact) mass is 286 g/mol. The van der Waals surface area contributed by atoms with Gasteiger partial charge in [0.1, 0.15) is 5.84 Å². The Morgan fingerprint density at radius 3 is 2.52 bits per heavy atom. The molecule has 1 unspecified atom stereocenters. The molecule has 2 aliphatic heterocycles. The number of carbonyl (C=O) groups is 1. The first-order valence-corrected chi connectivity index (χ1v) is 7.11. The first-order valence-electron chi connectivity index (χ1n) is 7.11. The molecule has 110 valence electrons. The Kier molecular flexibility index (Phi) is 3.60. The molecule has 3 rings (SSSR count). The van der Waals surface area contributed by atoms with Crippen molar-refractivity contribution in [2.75, 3.05) is 13.1 Å². The van der Waals surface area contributed by atoms with Gasteiger partial charge in [0, 0.05) is 25.1 Å². The molecule has 0 aliphatic carbocycles. The molecule has 1 fully saturated rings. The van der Waals surface area contributed by atoms with Crippen LogP contribution < -0.4 is 5.73 Å². The van der Waals surface area contributed by atoms with Gasteiger partial charge in [0.05, 0.1) is 5.71 Å². The Bertz CT molecular complexity index is 588. The van der Waals surface area contributed by atoms with Crippen LogP contribution in [0.2, 0.25) is 0 Å². The molecular formula is C15H18N4O2. The van der Waals surface area contributed by atoms with E-state index < -0.39 is 12.0 Å². The maximum Gasteiger partial charge on any atom is 0.261 e. The number of nitrogens with one attached hydrogen (secondary N) is 1. The minimum atomic E-state index is -0.664. The van der Waals surface area contributed by atoms with Crippen LogP contribution in [-0.4, -0.2) is 41.5 Å². The van der Waals surface area contributed by atoms with E-state index in [9.17, 15) is 4.79 Å². The van der Waals surface area contributed by atoms with E-state index in [0.29, 0.717) is 12.3 Å². The summed E-state index contributed by atoms with van der Waals surface area (Å²) in [6, 6.07) is 7.64. The lowest BCUT2D eigenvalue weighted by Crippen LogP contribution is -2.28. The van der Waals surface area contributed by atoms with Crippen molar-refractivity contribution < 1.29 is 9.63 Å². The Hall–Kier alpha value is -2.37. The molecule has 6 heteroatoms. The normalized spacial score (nSPS) is 21.0. The zero-order valence-electron chi connectivity index (χ0n) is 11.7. The Labute approximate surface area is 123 Å². The molecule has 6 nitrogen and oxygen atoms in total. The summed E-state index contributed by atoms with van der Waals surface area (Å²) in [4.78, 5) is 18.2. The highest BCUT2D eigenvalue weighted by atomic mass is 16.6. The van der Waals surface area contributed by atoms with Gasteiger partial charge in [-0.2, -0.15) is 0 Å². The van der Waals surface area contributed by atoms with E-state index in [1.165, 1.54) is 0 Å². The largest absolute Gasteiger partial charge is 0.382 e. The van der Waals surface area contributed by atoms with Crippen molar-refractivity contribution in [2.24, 2.45) is 10.9 Å². The van der Waals surface area contributed by atoms with Crippen molar-refractivity contribution in [3.8, 4) is 0 Å². The number of oxime groups is 1. The predicted molar refractivity (Wildman–Crippen MR) is 79.3 cm³/mol. The molecule has 1 aromatic rings. The average Bonchev–Trinajstić information content (AvgIpc) is 3.18. The van der Waals surface area contributed by atoms with Crippen LogP contribution in [0, 0.1) is 5.41 Å². The third kappa shape index (κ3) is 2.74. The zero-order chi connectivity index (χ0) is 14.8. The van der Waals surface area contributed by atoms with Gasteiger partial charge in [-0.15, -0.1) is 0 Å². The first kappa shape index (κ1) is 13.6. The highest BCUT2D eigenvalue weighted by molar-refractivity contribution is 6.05. The lowest BCUT2D eigenvalue weighted by molar-refractivity contribution is -0.127. The fraction of sp³-hybridized carbons (Fsp3) is 0.400. The van der Waals surface area contributed by atoms with Crippen molar-refractivity contribution in [1.82, 2.24) is 4.90 Å². The SMILES string of the molecule is N=C(c1ccc(C2=NOC(C(N)=O)C2)cc1)N1CCCC1. The molecule has 0 saturated carbocycles. The van der Waals surface area contributed by atoms with Gasteiger partial charge in [0.15, 0.2) is 0 Å². The second-order valence-electron chi connectivity index (χ2n) is 5.36. The van der Waals surface area contributed by atoms with Gasteiger partial charge in [0.2, 0.25) is 6.10 Å². The fourth-order valence-electron chi connectivity index (χ4n) is 2.64. The van der Waals surface area contributed by atoms with Gasteiger partial charge >= 0.3 is 0 Å². The van der Waals surface area contributed by atoms with Crippen LogP contribution in [0.5, 0.6) is 0 Å². The van der Waals surface area contributed by atoms with Gasteiger partial charge in [-0.1, -0.05) is 29.4 Å². The summed E-state index contributed by atoms with van der Waals surface area (Å²) in [5.74, 6) is 0.0693. The molecule has 2 heterocycles. The van der Waals surface area contributed by atoms with Crippen molar-refractivity contribution in [3.05, 3.63) is 35.4 Å². The van der Waals surface area contributed by atoms with E-state index >= 15 is 0 Å². The summed E-state index contributed by atoms with van der Waals surface area (Å²) < 4.78 is 0. The van der Waals surface area contributed by atoms with Crippen LogP contribution >= 0.6 is 0 Å². The predicted octanol–water partition coefficient (Wildman–Crippen LogP) is 1.09. The zero-order valence-corrected chi connectivity index (χ0v) is 11.7. The molecular weight excluding hydrogens is 268 g/mol. The minimum Gasteiger partial charge on any atom is -0.382 e. The lowest BCUT2D eigenvalue weighted by atomic mass is 10.0. The van der Waals surface area contributed by atoms with E-state index in [2.05, 4.69) is 10.1 Å². The molecule has 21 heavy (non-hydrogen) atoms. The summed E-state index contributed by atoms with van der Waals surface area (Å²) in [5, 5.41) is 12.1. The molecule has 0 spiro atoms. The summed E-state index contributed by atoms with van der Waals surface area (Å²) in [5.41, 5.74) is 7.72. The summed E-state index contributed by atoms with van der Waals surface area (Å²) in [7, 11) is 0. The second kappa shape index (κ2) is 5.55. The quantitative estimate of drug-likeness (QED) is 0.643. The Morgan fingerprint density at radius 2 is 1.95 bits per heavy atom. The Morgan fingerprint density at radius 1 is 1.29 bits per heavy atom. The maximum absolute atomic E-state index is 11.1.